The van der Waals surface area contributed by atoms with Crippen LogP contribution in [0.5, 0.6) is 0 Å². The first-order valence-electron chi connectivity index (χ1n) is 4.19. The van der Waals surface area contributed by atoms with Crippen molar-refractivity contribution in [2.75, 3.05) is 18.1 Å². The number of hydrogen-bond donors (Lipinski definition) is 1. The van der Waals surface area contributed by atoms with E-state index in [9.17, 15) is 4.79 Å². The van der Waals surface area contributed by atoms with Gasteiger partial charge in [-0.2, -0.15) is 0 Å². The summed E-state index contributed by atoms with van der Waals surface area (Å²) in [6.45, 7) is 4.30. The highest BCUT2D eigenvalue weighted by molar-refractivity contribution is 7.99. The van der Waals surface area contributed by atoms with Gasteiger partial charge in [0.15, 0.2) is 0 Å². The predicted octanol–water partition coefficient (Wildman–Crippen LogP) is 1.02. The number of carbonyl (C=O) groups excluding carboxylic acids is 1. The maximum atomic E-state index is 10.8. The molecule has 12 heavy (non-hydrogen) atoms. The molecular weight excluding hydrogens is 174 g/mol. The normalized spacial score (nSPS) is 12.6. The quantitative estimate of drug-likeness (QED) is 0.637. The maximum absolute atomic E-state index is 10.8. The van der Waals surface area contributed by atoms with Crippen LogP contribution >= 0.6 is 11.8 Å². The van der Waals surface area contributed by atoms with Crippen molar-refractivity contribution < 1.29 is 9.53 Å². The third-order valence-electron chi connectivity index (χ3n) is 1.38. The fraction of sp³-hybridized carbons (Fsp3) is 0.875. The molecule has 0 aromatic heterocycles. The molecule has 0 amide bonds. The Balaban J connectivity index is 3.24. The highest BCUT2D eigenvalue weighted by Crippen LogP contribution is 2.04. The molecule has 0 aliphatic rings. The molecule has 0 aliphatic heterocycles. The molecule has 0 aromatic carbocycles. The Morgan fingerprint density at radius 1 is 1.58 bits per heavy atom. The van der Waals surface area contributed by atoms with Crippen LogP contribution in [0.2, 0.25) is 0 Å². The smallest absolute Gasteiger partial charge is 0.315 e. The molecule has 3 nitrogen and oxygen atoms in total. The molecule has 0 saturated carbocycles. The highest BCUT2D eigenvalue weighted by Gasteiger charge is 2.03. The molecule has 0 aliphatic carbocycles. The van der Waals surface area contributed by atoms with E-state index in [0.717, 1.165) is 12.2 Å². The minimum absolute atomic E-state index is 0.147. The summed E-state index contributed by atoms with van der Waals surface area (Å²) < 4.78 is 4.76. The van der Waals surface area contributed by atoms with Crippen molar-refractivity contribution >= 4 is 17.7 Å². The number of ether oxygens (including phenoxy) is 1. The van der Waals surface area contributed by atoms with Gasteiger partial charge in [0.1, 0.15) is 0 Å². The van der Waals surface area contributed by atoms with Crippen molar-refractivity contribution in [1.82, 2.24) is 0 Å². The molecule has 1 atom stereocenters. The summed E-state index contributed by atoms with van der Waals surface area (Å²) in [5.41, 5.74) is 5.66. The van der Waals surface area contributed by atoms with Crippen LogP contribution in [-0.2, 0) is 9.53 Å². The van der Waals surface area contributed by atoms with Crippen molar-refractivity contribution in [3.63, 3.8) is 0 Å². The van der Waals surface area contributed by atoms with Crippen LogP contribution in [-0.4, -0.2) is 30.1 Å². The van der Waals surface area contributed by atoms with Gasteiger partial charge in [-0.1, -0.05) is 6.92 Å². The molecule has 4 heteroatoms. The fourth-order valence-electron chi connectivity index (χ4n) is 0.614. The summed E-state index contributed by atoms with van der Waals surface area (Å²) in [6, 6.07) is 0.199. The van der Waals surface area contributed by atoms with Crippen LogP contribution in [0.15, 0.2) is 0 Å². The summed E-state index contributed by atoms with van der Waals surface area (Å²) >= 11 is 1.53. The largest absolute Gasteiger partial charge is 0.465 e. The van der Waals surface area contributed by atoms with Crippen LogP contribution in [0.3, 0.4) is 0 Å². The Morgan fingerprint density at radius 2 is 2.25 bits per heavy atom. The van der Waals surface area contributed by atoms with E-state index in [1.54, 1.807) is 6.92 Å². The lowest BCUT2D eigenvalue weighted by molar-refractivity contribution is -0.139. The lowest BCUT2D eigenvalue weighted by atomic mass is 10.3. The van der Waals surface area contributed by atoms with E-state index in [-0.39, 0.29) is 12.0 Å². The average Bonchev–Trinajstić information content (AvgIpc) is 2.04. The van der Waals surface area contributed by atoms with Gasteiger partial charge in [0.25, 0.3) is 0 Å². The van der Waals surface area contributed by atoms with Crippen LogP contribution < -0.4 is 5.73 Å². The van der Waals surface area contributed by atoms with Crippen LogP contribution in [0, 0.1) is 0 Å². The topological polar surface area (TPSA) is 52.3 Å². The third-order valence-corrected chi connectivity index (χ3v) is 2.49. The fourth-order valence-corrected chi connectivity index (χ4v) is 1.52. The minimum Gasteiger partial charge on any atom is -0.465 e. The number of esters is 1. The van der Waals surface area contributed by atoms with Gasteiger partial charge in [0.05, 0.1) is 12.4 Å². The van der Waals surface area contributed by atoms with E-state index in [2.05, 4.69) is 0 Å². The summed E-state index contributed by atoms with van der Waals surface area (Å²) in [5, 5.41) is 0. The van der Waals surface area contributed by atoms with Crippen LogP contribution in [0.1, 0.15) is 20.3 Å². The van der Waals surface area contributed by atoms with E-state index in [0.29, 0.717) is 12.4 Å². The van der Waals surface area contributed by atoms with Gasteiger partial charge in [-0.15, -0.1) is 11.8 Å². The molecule has 0 bridgehead atoms. The second kappa shape index (κ2) is 7.43. The SMILES string of the molecule is CCOC(=O)CSCC(N)CC. The Kier molecular flexibility index (Phi) is 7.29. The van der Waals surface area contributed by atoms with Crippen molar-refractivity contribution in [2.45, 2.75) is 26.3 Å². The first kappa shape index (κ1) is 11.8. The molecule has 72 valence electrons. The molecule has 0 radical (unpaired) electrons. The van der Waals surface area contributed by atoms with Gasteiger partial charge in [-0.25, -0.2) is 0 Å². The standard InChI is InChI=1S/C8H17NO2S/c1-3-7(9)5-12-6-8(10)11-4-2/h7H,3-6,9H2,1-2H3. The Morgan fingerprint density at radius 3 is 2.75 bits per heavy atom. The highest BCUT2D eigenvalue weighted by atomic mass is 32.2. The summed E-state index contributed by atoms with van der Waals surface area (Å²) in [5.74, 6) is 1.10. The Labute approximate surface area is 78.0 Å². The second-order valence-corrected chi connectivity index (χ2v) is 3.52. The van der Waals surface area contributed by atoms with E-state index in [1.165, 1.54) is 11.8 Å². The molecule has 0 heterocycles. The van der Waals surface area contributed by atoms with Crippen molar-refractivity contribution in [2.24, 2.45) is 5.73 Å². The van der Waals surface area contributed by atoms with Crippen LogP contribution in [0.4, 0.5) is 0 Å². The summed E-state index contributed by atoms with van der Waals surface area (Å²) in [6.07, 6.45) is 0.954. The molecule has 0 aromatic rings. The van der Waals surface area contributed by atoms with E-state index in [4.69, 9.17) is 10.5 Å². The van der Waals surface area contributed by atoms with Crippen molar-refractivity contribution in [3.05, 3.63) is 0 Å². The molecule has 2 N–H and O–H groups in total. The predicted molar refractivity (Wildman–Crippen MR) is 52.2 cm³/mol. The Bertz CT molecular complexity index is 130. The maximum Gasteiger partial charge on any atom is 0.315 e. The Hall–Kier alpha value is -0.220. The van der Waals surface area contributed by atoms with Crippen molar-refractivity contribution in [3.8, 4) is 0 Å². The number of hydrogen-bond acceptors (Lipinski definition) is 4. The lowest BCUT2D eigenvalue weighted by Crippen LogP contribution is -2.22. The van der Waals surface area contributed by atoms with E-state index < -0.39 is 0 Å². The summed E-state index contributed by atoms with van der Waals surface area (Å²) in [7, 11) is 0. The zero-order chi connectivity index (χ0) is 9.40. The van der Waals surface area contributed by atoms with Crippen molar-refractivity contribution in [1.29, 1.82) is 0 Å². The van der Waals surface area contributed by atoms with E-state index >= 15 is 0 Å². The van der Waals surface area contributed by atoms with Gasteiger partial charge >= 0.3 is 5.97 Å². The second-order valence-electron chi connectivity index (χ2n) is 2.49. The third kappa shape index (κ3) is 6.49. The molecule has 0 rings (SSSR count). The first-order chi connectivity index (χ1) is 5.70. The molecule has 1 unspecified atom stereocenters. The summed E-state index contributed by atoms with van der Waals surface area (Å²) in [4.78, 5) is 10.8. The monoisotopic (exact) mass is 191 g/mol. The lowest BCUT2D eigenvalue weighted by Gasteiger charge is -2.06. The van der Waals surface area contributed by atoms with Crippen LogP contribution in [0.25, 0.3) is 0 Å². The first-order valence-corrected chi connectivity index (χ1v) is 5.35. The van der Waals surface area contributed by atoms with Gasteiger partial charge in [0.2, 0.25) is 0 Å². The average molecular weight is 191 g/mol. The molecular formula is C8H17NO2S. The molecule has 0 spiro atoms. The molecule has 0 fully saturated rings. The number of rotatable bonds is 6. The van der Waals surface area contributed by atoms with Gasteiger partial charge in [0, 0.05) is 11.8 Å². The van der Waals surface area contributed by atoms with Gasteiger partial charge < -0.3 is 10.5 Å². The number of thioether (sulfide) groups is 1. The molecule has 0 saturated heterocycles. The zero-order valence-corrected chi connectivity index (χ0v) is 8.52. The van der Waals surface area contributed by atoms with E-state index in [1.807, 2.05) is 6.92 Å². The zero-order valence-electron chi connectivity index (χ0n) is 7.71. The number of nitrogens with two attached hydrogens (primary N) is 1. The minimum atomic E-state index is -0.147. The van der Waals surface area contributed by atoms with Gasteiger partial charge in [-0.05, 0) is 13.3 Å². The van der Waals surface area contributed by atoms with Gasteiger partial charge in [-0.3, -0.25) is 4.79 Å². The number of carbonyl (C=O) groups is 1.